The molecule has 0 saturated heterocycles. The summed E-state index contributed by atoms with van der Waals surface area (Å²) in [7, 11) is 0. The monoisotopic (exact) mass is 580 g/mol. The van der Waals surface area contributed by atoms with Crippen LogP contribution in [0.3, 0.4) is 0 Å². The minimum absolute atomic E-state index is 0.00673. The molecule has 222 valence electrons. The molecule has 1 aromatic heterocycles. The van der Waals surface area contributed by atoms with Crippen LogP contribution >= 0.6 is 0 Å². The van der Waals surface area contributed by atoms with E-state index >= 15 is 0 Å². The summed E-state index contributed by atoms with van der Waals surface area (Å²) < 4.78 is 0. The Bertz CT molecular complexity index is 1360. The predicted molar refractivity (Wildman–Crippen MR) is 148 cm³/mol. The van der Waals surface area contributed by atoms with Gasteiger partial charge in [-0.15, -0.1) is 0 Å². The van der Waals surface area contributed by atoms with Crippen molar-refractivity contribution in [3.8, 4) is 5.75 Å². The van der Waals surface area contributed by atoms with E-state index in [1.54, 1.807) is 30.3 Å². The second kappa shape index (κ2) is 14.9. The number of imidazole rings is 1. The zero-order valence-electron chi connectivity index (χ0n) is 22.4. The lowest BCUT2D eigenvalue weighted by Crippen LogP contribution is -2.58. The van der Waals surface area contributed by atoms with E-state index in [1.807, 2.05) is 0 Å². The maximum absolute atomic E-state index is 13.5. The number of H-pyrrole nitrogens is 1. The zero-order chi connectivity index (χ0) is 30.6. The Morgan fingerprint density at radius 1 is 0.762 bits per heavy atom. The molecule has 0 saturated carbocycles. The molecule has 0 fully saturated rings. The Hall–Kier alpha value is -5.24. The maximum Gasteiger partial charge on any atom is 0.326 e. The summed E-state index contributed by atoms with van der Waals surface area (Å²) in [5.41, 5.74) is 7.36. The van der Waals surface area contributed by atoms with Gasteiger partial charge in [0.25, 0.3) is 0 Å². The second-order valence-corrected chi connectivity index (χ2v) is 9.57. The molecule has 0 radical (unpaired) electrons. The van der Waals surface area contributed by atoms with Crippen molar-refractivity contribution in [2.75, 3.05) is 0 Å². The van der Waals surface area contributed by atoms with Crippen molar-refractivity contribution in [1.82, 2.24) is 25.9 Å². The number of carbonyl (C=O) groups is 5. The van der Waals surface area contributed by atoms with E-state index in [1.165, 1.54) is 36.8 Å². The van der Waals surface area contributed by atoms with Crippen LogP contribution in [0.2, 0.25) is 0 Å². The number of nitrogens with one attached hydrogen (secondary N) is 4. The minimum Gasteiger partial charge on any atom is -0.508 e. The Kier molecular flexibility index (Phi) is 11.1. The normalized spacial score (nSPS) is 13.6. The van der Waals surface area contributed by atoms with Gasteiger partial charge in [0.2, 0.25) is 17.7 Å². The van der Waals surface area contributed by atoms with Crippen LogP contribution < -0.4 is 21.7 Å². The maximum atomic E-state index is 13.5. The Labute approximate surface area is 240 Å². The number of phenols is 1. The lowest BCUT2D eigenvalue weighted by molar-refractivity contribution is -0.142. The van der Waals surface area contributed by atoms with Gasteiger partial charge in [0.05, 0.1) is 18.8 Å². The average Bonchev–Trinajstić information content (AvgIpc) is 3.46. The van der Waals surface area contributed by atoms with Gasteiger partial charge in [-0.2, -0.15) is 0 Å². The molecule has 42 heavy (non-hydrogen) atoms. The number of aromatic nitrogens is 2. The number of aliphatic carboxylic acids is 2. The Balaban J connectivity index is 1.84. The van der Waals surface area contributed by atoms with Crippen molar-refractivity contribution in [1.29, 1.82) is 0 Å². The molecular formula is C28H32N6O8. The lowest BCUT2D eigenvalue weighted by Gasteiger charge is -2.25. The molecule has 0 spiro atoms. The molecule has 0 aliphatic carbocycles. The molecule has 4 unspecified atom stereocenters. The van der Waals surface area contributed by atoms with Gasteiger partial charge in [-0.3, -0.25) is 19.2 Å². The number of hydrogen-bond acceptors (Lipinski definition) is 8. The number of phenolic OH excluding ortho intramolecular Hbond substituents is 1. The number of carboxylic acids is 2. The van der Waals surface area contributed by atoms with Crippen molar-refractivity contribution in [3.63, 3.8) is 0 Å². The van der Waals surface area contributed by atoms with Crippen molar-refractivity contribution < 1.29 is 39.3 Å². The van der Waals surface area contributed by atoms with E-state index < -0.39 is 60.2 Å². The third-order valence-electron chi connectivity index (χ3n) is 6.25. The molecule has 14 nitrogen and oxygen atoms in total. The highest BCUT2D eigenvalue weighted by atomic mass is 16.4. The number of hydrogen-bond donors (Lipinski definition) is 8. The van der Waals surface area contributed by atoms with E-state index in [-0.39, 0.29) is 25.0 Å². The molecule has 4 atom stereocenters. The molecule has 0 aliphatic heterocycles. The van der Waals surface area contributed by atoms with Crippen molar-refractivity contribution in [2.24, 2.45) is 5.73 Å². The third-order valence-corrected chi connectivity index (χ3v) is 6.25. The quantitative estimate of drug-likeness (QED) is 0.114. The van der Waals surface area contributed by atoms with Crippen LogP contribution in [0.25, 0.3) is 0 Å². The van der Waals surface area contributed by atoms with Gasteiger partial charge < -0.3 is 42.0 Å². The third kappa shape index (κ3) is 9.75. The topological polar surface area (TPSA) is 237 Å². The molecule has 14 heteroatoms. The molecule has 1 heterocycles. The van der Waals surface area contributed by atoms with Crippen molar-refractivity contribution in [2.45, 2.75) is 49.9 Å². The van der Waals surface area contributed by atoms with E-state index in [0.717, 1.165) is 0 Å². The van der Waals surface area contributed by atoms with Crippen molar-refractivity contribution >= 4 is 29.7 Å². The van der Waals surface area contributed by atoms with Crippen molar-refractivity contribution in [3.05, 3.63) is 83.9 Å². The number of amides is 3. The van der Waals surface area contributed by atoms with E-state index in [9.17, 15) is 34.2 Å². The average molecular weight is 581 g/mol. The summed E-state index contributed by atoms with van der Waals surface area (Å²) in [5.74, 6) is -5.10. The standard InChI is InChI=1S/C28H32N6O8/c29-20(13-24(36)37)25(38)32-21(11-17-6-8-19(35)9-7-17)26(39)33-22(10-16-4-2-1-3-5-16)27(40)34-23(28(41)42)12-18-14-30-15-31-18/h1-9,14-15,20-23,35H,10-13,29H2,(H,30,31)(H,32,38)(H,33,39)(H,34,40)(H,36,37)(H,41,42). The summed E-state index contributed by atoms with van der Waals surface area (Å²) in [5, 5.41) is 35.8. The van der Waals surface area contributed by atoms with Gasteiger partial charge in [0.1, 0.15) is 23.9 Å². The molecular weight excluding hydrogens is 548 g/mol. The molecule has 3 rings (SSSR count). The zero-order valence-corrected chi connectivity index (χ0v) is 22.4. The smallest absolute Gasteiger partial charge is 0.326 e. The first kappa shape index (κ1) is 31.3. The number of carbonyl (C=O) groups excluding carboxylic acids is 3. The van der Waals surface area contributed by atoms with Crippen LogP contribution in [0.15, 0.2) is 67.1 Å². The van der Waals surface area contributed by atoms with Crippen LogP contribution in [0.1, 0.15) is 23.2 Å². The number of benzene rings is 2. The Morgan fingerprint density at radius 3 is 1.83 bits per heavy atom. The minimum atomic E-state index is -1.44. The van der Waals surface area contributed by atoms with Gasteiger partial charge >= 0.3 is 11.9 Å². The summed E-state index contributed by atoms with van der Waals surface area (Å²) in [6.07, 6.45) is 1.94. The van der Waals surface area contributed by atoms with E-state index in [2.05, 4.69) is 25.9 Å². The number of nitrogens with zero attached hydrogens (tertiary/aromatic N) is 1. The Morgan fingerprint density at radius 2 is 1.31 bits per heavy atom. The first-order valence-electron chi connectivity index (χ1n) is 12.9. The molecule has 3 aromatic rings. The summed E-state index contributed by atoms with van der Waals surface area (Å²) in [6, 6.07) is 9.20. The number of aromatic amines is 1. The number of carboxylic acid groups (broad SMARTS) is 2. The van der Waals surface area contributed by atoms with Crippen LogP contribution in [0, 0.1) is 0 Å². The number of rotatable bonds is 15. The second-order valence-electron chi connectivity index (χ2n) is 9.57. The fourth-order valence-corrected chi connectivity index (χ4v) is 4.06. The van der Waals surface area contributed by atoms with E-state index in [0.29, 0.717) is 16.8 Å². The number of aromatic hydroxyl groups is 1. The predicted octanol–water partition coefficient (Wildman–Crippen LogP) is -0.516. The van der Waals surface area contributed by atoms with Crippen LogP contribution in [0.5, 0.6) is 5.75 Å². The highest BCUT2D eigenvalue weighted by Crippen LogP contribution is 2.13. The van der Waals surface area contributed by atoms with E-state index in [4.69, 9.17) is 10.8 Å². The highest BCUT2D eigenvalue weighted by Gasteiger charge is 2.31. The number of nitrogens with two attached hydrogens (primary N) is 1. The summed E-state index contributed by atoms with van der Waals surface area (Å²) >= 11 is 0. The SMILES string of the molecule is NC(CC(=O)O)C(=O)NC(Cc1ccc(O)cc1)C(=O)NC(Cc1ccccc1)C(=O)NC(Cc1cnc[nH]1)C(=O)O. The first-order valence-corrected chi connectivity index (χ1v) is 12.9. The fourth-order valence-electron chi connectivity index (χ4n) is 4.06. The molecule has 9 N–H and O–H groups in total. The van der Waals surface area contributed by atoms with Crippen LogP contribution in [0.4, 0.5) is 0 Å². The molecule has 0 aliphatic rings. The van der Waals surface area contributed by atoms with Gasteiger partial charge in [-0.05, 0) is 23.3 Å². The summed E-state index contributed by atoms with van der Waals surface area (Å²) in [4.78, 5) is 69.1. The van der Waals surface area contributed by atoms with Crippen LogP contribution in [-0.4, -0.2) is 79.1 Å². The van der Waals surface area contributed by atoms with Gasteiger partial charge in [0, 0.05) is 31.2 Å². The van der Waals surface area contributed by atoms with Gasteiger partial charge in [-0.1, -0.05) is 42.5 Å². The largest absolute Gasteiger partial charge is 0.508 e. The molecule has 0 bridgehead atoms. The fraction of sp³-hybridized carbons (Fsp3) is 0.286. The summed E-state index contributed by atoms with van der Waals surface area (Å²) in [6.45, 7) is 0. The first-order chi connectivity index (χ1) is 20.0. The lowest BCUT2D eigenvalue weighted by atomic mass is 10.0. The molecule has 2 aromatic carbocycles. The highest BCUT2D eigenvalue weighted by molar-refractivity contribution is 5.95. The van der Waals surface area contributed by atoms with Gasteiger partial charge in [-0.25, -0.2) is 9.78 Å². The van der Waals surface area contributed by atoms with Gasteiger partial charge in [0.15, 0.2) is 0 Å². The molecule has 3 amide bonds. The van der Waals surface area contributed by atoms with Crippen LogP contribution in [-0.2, 0) is 43.2 Å².